The summed E-state index contributed by atoms with van der Waals surface area (Å²) >= 11 is 0. The molecule has 0 radical (unpaired) electrons. The zero-order valence-electron chi connectivity index (χ0n) is 11.3. The normalized spacial score (nSPS) is 9.57. The number of benzene rings is 1. The highest BCUT2D eigenvalue weighted by atomic mass is 16.5. The lowest BCUT2D eigenvalue weighted by atomic mass is 10.1. The number of hydrogen-bond donors (Lipinski definition) is 5. The van der Waals surface area contributed by atoms with Crippen LogP contribution in [0.15, 0.2) is 18.2 Å². The monoisotopic (exact) mass is 296 g/mol. The van der Waals surface area contributed by atoms with Gasteiger partial charge in [0.15, 0.2) is 0 Å². The molecule has 0 aliphatic heterocycles. The molecule has 9 heteroatoms. The summed E-state index contributed by atoms with van der Waals surface area (Å²) in [6.45, 7) is 0.310. The van der Waals surface area contributed by atoms with Gasteiger partial charge in [-0.05, 0) is 18.2 Å². The molecule has 0 aromatic heterocycles. The number of rotatable bonds is 6. The molecule has 0 saturated heterocycles. The van der Waals surface area contributed by atoms with Crippen LogP contribution in [0, 0.1) is 0 Å². The molecule has 0 saturated carbocycles. The number of hydrogen-bond acceptors (Lipinski definition) is 4. The third-order valence-corrected chi connectivity index (χ3v) is 2.42. The fourth-order valence-electron chi connectivity index (χ4n) is 1.46. The van der Waals surface area contributed by atoms with Crippen molar-refractivity contribution >= 4 is 23.7 Å². The highest BCUT2D eigenvalue weighted by molar-refractivity contribution is 6.00. The van der Waals surface area contributed by atoms with Gasteiger partial charge in [-0.3, -0.25) is 0 Å². The van der Waals surface area contributed by atoms with Crippen molar-refractivity contribution in [3.05, 3.63) is 23.8 Å². The van der Waals surface area contributed by atoms with Gasteiger partial charge in [0, 0.05) is 13.1 Å². The van der Waals surface area contributed by atoms with Crippen molar-refractivity contribution in [2.75, 3.05) is 25.5 Å². The van der Waals surface area contributed by atoms with Crippen molar-refractivity contribution < 1.29 is 24.2 Å². The Kier molecular flexibility index (Phi) is 5.80. The SMILES string of the molecule is COc1ccc(NC(=O)NCCNC(N)=O)c(C(=O)O)c1. The van der Waals surface area contributed by atoms with Gasteiger partial charge < -0.3 is 31.5 Å². The quantitative estimate of drug-likeness (QED) is 0.476. The lowest BCUT2D eigenvalue weighted by Crippen LogP contribution is -2.38. The van der Waals surface area contributed by atoms with Crippen LogP contribution < -0.4 is 26.4 Å². The predicted molar refractivity (Wildman–Crippen MR) is 74.6 cm³/mol. The van der Waals surface area contributed by atoms with E-state index in [1.807, 2.05) is 0 Å². The molecule has 4 amide bonds. The van der Waals surface area contributed by atoms with Gasteiger partial charge in [0.2, 0.25) is 0 Å². The lowest BCUT2D eigenvalue weighted by molar-refractivity contribution is 0.0697. The standard InChI is InChI=1S/C12H16N4O5/c1-21-7-2-3-9(8(6-7)10(17)18)16-12(20)15-5-4-14-11(13)19/h2-3,6H,4-5H2,1H3,(H,17,18)(H3,13,14,19)(H2,15,16,20). The first-order valence-electron chi connectivity index (χ1n) is 5.93. The minimum atomic E-state index is -1.19. The van der Waals surface area contributed by atoms with E-state index >= 15 is 0 Å². The average molecular weight is 296 g/mol. The number of ether oxygens (including phenoxy) is 1. The van der Waals surface area contributed by atoms with E-state index in [-0.39, 0.29) is 24.3 Å². The second-order valence-corrected chi connectivity index (χ2v) is 3.89. The molecule has 0 bridgehead atoms. The minimum absolute atomic E-state index is 0.0974. The summed E-state index contributed by atoms with van der Waals surface area (Å²) in [6, 6.07) is 2.95. The molecule has 0 heterocycles. The fourth-order valence-corrected chi connectivity index (χ4v) is 1.46. The fraction of sp³-hybridized carbons (Fsp3) is 0.250. The number of methoxy groups -OCH3 is 1. The number of carboxylic acid groups (broad SMARTS) is 1. The number of aromatic carboxylic acids is 1. The number of amides is 4. The van der Waals surface area contributed by atoms with Crippen LogP contribution in [-0.4, -0.2) is 43.3 Å². The number of nitrogens with two attached hydrogens (primary N) is 1. The van der Waals surface area contributed by atoms with Crippen molar-refractivity contribution in [2.24, 2.45) is 5.73 Å². The Hall–Kier alpha value is -2.97. The Morgan fingerprint density at radius 2 is 1.90 bits per heavy atom. The summed E-state index contributed by atoms with van der Waals surface area (Å²) < 4.78 is 4.92. The topological polar surface area (TPSA) is 143 Å². The average Bonchev–Trinajstić information content (AvgIpc) is 2.43. The molecule has 0 unspecified atom stereocenters. The van der Waals surface area contributed by atoms with Gasteiger partial charge >= 0.3 is 18.0 Å². The molecule has 114 valence electrons. The molecular weight excluding hydrogens is 280 g/mol. The molecule has 1 rings (SSSR count). The maximum absolute atomic E-state index is 11.6. The van der Waals surface area contributed by atoms with Gasteiger partial charge in [-0.2, -0.15) is 0 Å². The number of carboxylic acids is 1. The van der Waals surface area contributed by atoms with Crippen LogP contribution in [-0.2, 0) is 0 Å². The predicted octanol–water partition coefficient (Wildman–Crippen LogP) is 0.183. The van der Waals surface area contributed by atoms with E-state index in [4.69, 9.17) is 15.6 Å². The molecule has 0 fully saturated rings. The molecule has 9 nitrogen and oxygen atoms in total. The van der Waals surface area contributed by atoms with E-state index in [2.05, 4.69) is 16.0 Å². The molecule has 0 aliphatic carbocycles. The van der Waals surface area contributed by atoms with E-state index < -0.39 is 18.0 Å². The molecule has 21 heavy (non-hydrogen) atoms. The van der Waals surface area contributed by atoms with Gasteiger partial charge in [0.25, 0.3) is 0 Å². The van der Waals surface area contributed by atoms with Gasteiger partial charge in [0.1, 0.15) is 5.75 Å². The van der Waals surface area contributed by atoms with E-state index in [0.717, 1.165) is 0 Å². The van der Waals surface area contributed by atoms with Crippen LogP contribution in [0.5, 0.6) is 5.75 Å². The zero-order chi connectivity index (χ0) is 15.8. The van der Waals surface area contributed by atoms with E-state index in [9.17, 15) is 14.4 Å². The zero-order valence-corrected chi connectivity index (χ0v) is 11.3. The Morgan fingerprint density at radius 3 is 2.48 bits per heavy atom. The van der Waals surface area contributed by atoms with Gasteiger partial charge in [-0.15, -0.1) is 0 Å². The Balaban J connectivity index is 2.63. The lowest BCUT2D eigenvalue weighted by Gasteiger charge is -2.11. The number of urea groups is 2. The summed E-state index contributed by atoms with van der Waals surface area (Å²) in [7, 11) is 1.41. The number of carbonyl (C=O) groups is 3. The van der Waals surface area contributed by atoms with Crippen LogP contribution in [0.2, 0.25) is 0 Å². The summed E-state index contributed by atoms with van der Waals surface area (Å²) in [4.78, 5) is 33.1. The molecular formula is C12H16N4O5. The number of anilines is 1. The third kappa shape index (κ3) is 5.27. The number of nitrogens with one attached hydrogen (secondary N) is 3. The summed E-state index contributed by atoms with van der Waals surface area (Å²) in [5.74, 6) is -0.830. The molecule has 1 aromatic carbocycles. The van der Waals surface area contributed by atoms with Crippen molar-refractivity contribution in [2.45, 2.75) is 0 Å². The molecule has 0 atom stereocenters. The summed E-state index contributed by atoms with van der Waals surface area (Å²) in [5.41, 5.74) is 4.89. The van der Waals surface area contributed by atoms with Crippen molar-refractivity contribution in [3.63, 3.8) is 0 Å². The smallest absolute Gasteiger partial charge is 0.337 e. The first kappa shape index (κ1) is 16.1. The summed E-state index contributed by atoms with van der Waals surface area (Å²) in [5, 5.41) is 16.2. The highest BCUT2D eigenvalue weighted by Crippen LogP contribution is 2.21. The van der Waals surface area contributed by atoms with Crippen molar-refractivity contribution in [1.82, 2.24) is 10.6 Å². The third-order valence-electron chi connectivity index (χ3n) is 2.42. The number of carbonyl (C=O) groups excluding carboxylic acids is 2. The highest BCUT2D eigenvalue weighted by Gasteiger charge is 2.13. The van der Waals surface area contributed by atoms with Crippen LogP contribution in [0.3, 0.4) is 0 Å². The first-order chi connectivity index (χ1) is 9.93. The first-order valence-corrected chi connectivity index (χ1v) is 5.93. The molecule has 0 spiro atoms. The minimum Gasteiger partial charge on any atom is -0.497 e. The maximum Gasteiger partial charge on any atom is 0.337 e. The van der Waals surface area contributed by atoms with Crippen LogP contribution >= 0.6 is 0 Å². The van der Waals surface area contributed by atoms with Crippen LogP contribution in [0.1, 0.15) is 10.4 Å². The van der Waals surface area contributed by atoms with Crippen LogP contribution in [0.25, 0.3) is 0 Å². The second-order valence-electron chi connectivity index (χ2n) is 3.89. The van der Waals surface area contributed by atoms with Gasteiger partial charge in [0.05, 0.1) is 18.4 Å². The second kappa shape index (κ2) is 7.58. The van der Waals surface area contributed by atoms with Crippen molar-refractivity contribution in [3.8, 4) is 5.75 Å². The van der Waals surface area contributed by atoms with Crippen molar-refractivity contribution in [1.29, 1.82) is 0 Å². The number of primary amides is 1. The molecule has 1 aromatic rings. The Morgan fingerprint density at radius 1 is 1.24 bits per heavy atom. The maximum atomic E-state index is 11.6. The summed E-state index contributed by atoms with van der Waals surface area (Å²) in [6.07, 6.45) is 0. The van der Waals surface area contributed by atoms with E-state index in [0.29, 0.717) is 5.75 Å². The molecule has 6 N–H and O–H groups in total. The van der Waals surface area contributed by atoms with Gasteiger partial charge in [-0.25, -0.2) is 14.4 Å². The largest absolute Gasteiger partial charge is 0.497 e. The Bertz CT molecular complexity index is 546. The van der Waals surface area contributed by atoms with E-state index in [1.54, 1.807) is 0 Å². The van der Waals surface area contributed by atoms with Crippen LogP contribution in [0.4, 0.5) is 15.3 Å². The molecule has 0 aliphatic rings. The Labute approximate surface area is 120 Å². The van der Waals surface area contributed by atoms with Gasteiger partial charge in [-0.1, -0.05) is 0 Å². The van der Waals surface area contributed by atoms with E-state index in [1.165, 1.54) is 25.3 Å².